The molecule has 14 heteroatoms. The van der Waals surface area contributed by atoms with Crippen molar-refractivity contribution in [3.8, 4) is 0 Å². The van der Waals surface area contributed by atoms with Crippen molar-refractivity contribution in [2.24, 2.45) is 35.5 Å². The molecule has 1 amide bonds. The number of methoxy groups -OCH3 is 3. The average molecular weight is 912 g/mol. The molecule has 2 saturated carbocycles. The lowest BCUT2D eigenvalue weighted by Gasteiger charge is -2.42. The molecule has 0 aromatic rings. The third kappa shape index (κ3) is 12.8. The lowest BCUT2D eigenvalue weighted by atomic mass is 9.81. The number of nitrogens with zero attached hydrogens (tertiary/aromatic N) is 1. The van der Waals surface area contributed by atoms with Gasteiger partial charge in [0.25, 0.3) is 11.7 Å². The van der Waals surface area contributed by atoms with Crippen LogP contribution in [0.5, 0.6) is 0 Å². The van der Waals surface area contributed by atoms with Crippen LogP contribution >= 0.6 is 0 Å². The van der Waals surface area contributed by atoms with Crippen molar-refractivity contribution >= 4 is 29.2 Å². The van der Waals surface area contributed by atoms with Gasteiger partial charge in [0.1, 0.15) is 17.7 Å². The Morgan fingerprint density at radius 3 is 2.28 bits per heavy atom. The van der Waals surface area contributed by atoms with Gasteiger partial charge in [0.15, 0.2) is 11.6 Å². The minimum atomic E-state index is -2.42. The highest BCUT2D eigenvalue weighted by Crippen LogP contribution is 2.55. The number of allylic oxidation sites excluding steroid dienone is 6. The molecule has 4 fully saturated rings. The van der Waals surface area contributed by atoms with Gasteiger partial charge in [-0.3, -0.25) is 19.2 Å². The summed E-state index contributed by atoms with van der Waals surface area (Å²) in [5, 5.41) is 33.9. The Balaban J connectivity index is 1.47. The van der Waals surface area contributed by atoms with E-state index in [1.54, 1.807) is 41.1 Å². The third-order valence-corrected chi connectivity index (χ3v) is 15.1. The number of hydrogen-bond donors (Lipinski definition) is 3. The molecule has 364 valence electrons. The number of aliphatic hydroxyl groups excluding tert-OH is 2. The van der Waals surface area contributed by atoms with Gasteiger partial charge in [0.2, 0.25) is 5.79 Å². The van der Waals surface area contributed by atoms with Gasteiger partial charge in [-0.05, 0) is 107 Å². The van der Waals surface area contributed by atoms with E-state index in [1.165, 1.54) is 12.0 Å². The first-order valence-corrected chi connectivity index (χ1v) is 24.0. The van der Waals surface area contributed by atoms with Crippen molar-refractivity contribution in [3.63, 3.8) is 0 Å². The van der Waals surface area contributed by atoms with Crippen molar-refractivity contribution in [2.75, 3.05) is 27.9 Å². The summed E-state index contributed by atoms with van der Waals surface area (Å²) in [5.41, 5.74) is 0.0205. The summed E-state index contributed by atoms with van der Waals surface area (Å²) in [7, 11) is 4.54. The molecule has 3 N–H and O–H groups in total. The van der Waals surface area contributed by atoms with Crippen molar-refractivity contribution in [1.29, 1.82) is 0 Å². The molecule has 3 aliphatic heterocycles. The quantitative estimate of drug-likeness (QED) is 0.217. The van der Waals surface area contributed by atoms with E-state index in [1.807, 2.05) is 51.2 Å². The number of hydrogen-bond acceptors (Lipinski definition) is 13. The summed E-state index contributed by atoms with van der Waals surface area (Å²) in [6.45, 7) is 10.9. The fraction of sp³-hybridized carbons (Fsp3) is 0.745. The molecule has 0 aromatic heterocycles. The van der Waals surface area contributed by atoms with Crippen LogP contribution in [0.3, 0.4) is 0 Å². The van der Waals surface area contributed by atoms with Crippen molar-refractivity contribution in [1.82, 2.24) is 4.90 Å². The second-order valence-corrected chi connectivity index (χ2v) is 20.0. The molecule has 5 aliphatic rings. The Labute approximate surface area is 386 Å². The van der Waals surface area contributed by atoms with Gasteiger partial charge in [-0.2, -0.15) is 0 Å². The molecule has 14 nitrogen and oxygen atoms in total. The molecule has 2 aliphatic carbocycles. The number of ether oxygens (including phenoxy) is 5. The standard InChI is InChI=1S/C51H77NO13/c1-30-15-11-10-12-16-31(2)42(61-7)27-38-20-18-35(6)51(60,64-38)47(57)48(58)52-22-14-13-17-39(52)49(59)65-50(28-37(50)25-36-19-21-40(53)43(26-36)62-8)29-41(54)32(3)24-34(5)45(56)46(63-9)44(55)33(4)23-30/h10-12,15-16,24,30,33-40,42-43,45-46,53,56,60H,13-14,17-23,25-29H2,1-9H3/b12-10?,15-11?,31-16?,32-24-. The summed E-state index contributed by atoms with van der Waals surface area (Å²) in [6.07, 6.45) is 12.9. The molecule has 0 aromatic carbocycles. The molecule has 1 spiro atoms. The van der Waals surface area contributed by atoms with Crippen LogP contribution in [0.15, 0.2) is 47.6 Å². The zero-order valence-corrected chi connectivity index (χ0v) is 40.2. The maximum atomic E-state index is 14.4. The fourth-order valence-electron chi connectivity index (χ4n) is 10.6. The molecule has 2 saturated heterocycles. The van der Waals surface area contributed by atoms with E-state index in [4.69, 9.17) is 23.7 Å². The van der Waals surface area contributed by atoms with Crippen LogP contribution in [0.1, 0.15) is 125 Å². The maximum Gasteiger partial charge on any atom is 0.329 e. The SMILES string of the molecule is COC1CC2CCC(C)C(O)(O2)C(=O)C(=O)N2CCCCC2C(=O)OC2(CC(=O)/C(C)=C\C(C)C(O)C(OC)C(=O)C(C)CC(C)C=CC=CC=C1C)CC2CC1CCC(O)C(OC)C1. The minimum Gasteiger partial charge on any atom is -0.457 e. The normalized spacial score (nSPS) is 41.1. The monoisotopic (exact) mass is 912 g/mol. The lowest BCUT2D eigenvalue weighted by molar-refractivity contribution is -0.265. The molecule has 3 heterocycles. The Hall–Kier alpha value is -3.37. The van der Waals surface area contributed by atoms with E-state index in [0.29, 0.717) is 69.8 Å². The summed E-state index contributed by atoms with van der Waals surface area (Å²) in [5.74, 6) is -7.63. The highest BCUT2D eigenvalue weighted by Gasteiger charge is 2.60. The number of piperidine rings is 1. The van der Waals surface area contributed by atoms with Crippen LogP contribution in [-0.4, -0.2) is 131 Å². The Kier molecular flexibility index (Phi) is 18.7. The molecule has 2 bridgehead atoms. The molecule has 5 rings (SSSR count). The van der Waals surface area contributed by atoms with Crippen LogP contribution in [0.4, 0.5) is 0 Å². The minimum absolute atomic E-state index is 0.0250. The maximum absolute atomic E-state index is 14.4. The predicted molar refractivity (Wildman–Crippen MR) is 243 cm³/mol. The van der Waals surface area contributed by atoms with Gasteiger partial charge in [0.05, 0.1) is 36.9 Å². The number of amides is 1. The summed E-state index contributed by atoms with van der Waals surface area (Å²) in [4.78, 5) is 72.0. The number of ketones is 3. The van der Waals surface area contributed by atoms with E-state index in [9.17, 15) is 39.3 Å². The van der Waals surface area contributed by atoms with Gasteiger partial charge in [0, 0.05) is 58.0 Å². The highest BCUT2D eigenvalue weighted by molar-refractivity contribution is 6.39. The molecule has 15 atom stereocenters. The topological polar surface area (TPSA) is 195 Å². The molecule has 0 radical (unpaired) electrons. The van der Waals surface area contributed by atoms with Gasteiger partial charge >= 0.3 is 5.97 Å². The van der Waals surface area contributed by atoms with Gasteiger partial charge in [-0.1, -0.05) is 64.2 Å². The lowest BCUT2D eigenvalue weighted by Crippen LogP contribution is -2.61. The molecular weight excluding hydrogens is 835 g/mol. The van der Waals surface area contributed by atoms with Crippen LogP contribution < -0.4 is 0 Å². The number of carbonyl (C=O) groups is 5. The highest BCUT2D eigenvalue weighted by atomic mass is 16.6. The zero-order valence-electron chi connectivity index (χ0n) is 40.2. The largest absolute Gasteiger partial charge is 0.457 e. The Morgan fingerprint density at radius 2 is 1.58 bits per heavy atom. The molecule has 15 unspecified atom stereocenters. The summed E-state index contributed by atoms with van der Waals surface area (Å²) in [6, 6.07) is -1.13. The van der Waals surface area contributed by atoms with E-state index >= 15 is 0 Å². The van der Waals surface area contributed by atoms with E-state index in [2.05, 4.69) is 0 Å². The number of rotatable bonds is 5. The van der Waals surface area contributed by atoms with Gasteiger partial charge < -0.3 is 43.9 Å². The van der Waals surface area contributed by atoms with Crippen LogP contribution in [0.25, 0.3) is 0 Å². The van der Waals surface area contributed by atoms with E-state index < -0.39 is 83.4 Å². The van der Waals surface area contributed by atoms with Crippen molar-refractivity contribution < 1.29 is 63.0 Å². The zero-order chi connectivity index (χ0) is 47.8. The number of carbonyl (C=O) groups excluding carboxylic acids is 5. The van der Waals surface area contributed by atoms with E-state index in [0.717, 1.165) is 12.0 Å². The van der Waals surface area contributed by atoms with Crippen LogP contribution in [0.2, 0.25) is 0 Å². The molecule has 65 heavy (non-hydrogen) atoms. The van der Waals surface area contributed by atoms with Crippen LogP contribution in [-0.2, 0) is 47.7 Å². The van der Waals surface area contributed by atoms with Gasteiger partial charge in [-0.25, -0.2) is 4.79 Å². The Bertz CT molecular complexity index is 1820. The van der Waals surface area contributed by atoms with Crippen molar-refractivity contribution in [2.45, 2.75) is 179 Å². The predicted octanol–water partition coefficient (Wildman–Crippen LogP) is 5.93. The van der Waals surface area contributed by atoms with E-state index in [-0.39, 0.29) is 54.8 Å². The fourth-order valence-corrected chi connectivity index (χ4v) is 10.6. The summed E-state index contributed by atoms with van der Waals surface area (Å²) < 4.78 is 29.5. The summed E-state index contributed by atoms with van der Waals surface area (Å²) >= 11 is 0. The first kappa shape index (κ1) is 52.6. The number of esters is 1. The third-order valence-electron chi connectivity index (χ3n) is 15.1. The first-order chi connectivity index (χ1) is 30.8. The molecular formula is C51H77NO13. The van der Waals surface area contributed by atoms with Crippen LogP contribution in [0, 0.1) is 35.5 Å². The van der Waals surface area contributed by atoms with Gasteiger partial charge in [-0.15, -0.1) is 0 Å². The smallest absolute Gasteiger partial charge is 0.329 e. The second-order valence-electron chi connectivity index (χ2n) is 20.0. The second kappa shape index (κ2) is 23.1. The van der Waals surface area contributed by atoms with Crippen molar-refractivity contribution in [3.05, 3.63) is 47.6 Å². The Morgan fingerprint density at radius 1 is 0.846 bits per heavy atom. The average Bonchev–Trinajstić information content (AvgIpc) is 3.95. The number of fused-ring (bicyclic) bond motifs is 3. The number of Topliss-reactive ketones (excluding diaryl/α,β-unsaturated/α-hetero) is 3. The first-order valence-electron chi connectivity index (χ1n) is 24.0. The number of aliphatic hydroxyl groups is 3.